The molecule has 1 aromatic heterocycles. The predicted molar refractivity (Wildman–Crippen MR) is 77.0 cm³/mol. The monoisotopic (exact) mass is 262 g/mol. The Labute approximate surface area is 116 Å². The summed E-state index contributed by atoms with van der Waals surface area (Å²) in [6, 6.07) is 0.542. The third kappa shape index (κ3) is 3.18. The largest absolute Gasteiger partial charge is 0.333 e. The van der Waals surface area contributed by atoms with Crippen molar-refractivity contribution in [1.82, 2.24) is 19.8 Å². The molecule has 0 radical (unpaired) electrons. The highest BCUT2D eigenvalue weighted by atomic mass is 15.1. The number of imidazole rings is 1. The molecule has 19 heavy (non-hydrogen) atoms. The fourth-order valence-corrected chi connectivity index (χ4v) is 3.42. The molecule has 1 aromatic rings. The Hall–Kier alpha value is -0.870. The third-order valence-electron chi connectivity index (χ3n) is 4.78. The number of piperidine rings is 1. The van der Waals surface area contributed by atoms with Crippen molar-refractivity contribution >= 4 is 0 Å². The van der Waals surface area contributed by atoms with E-state index in [1.54, 1.807) is 0 Å². The minimum Gasteiger partial charge on any atom is -0.333 e. The van der Waals surface area contributed by atoms with Gasteiger partial charge in [0.1, 0.15) is 0 Å². The molecule has 4 nitrogen and oxygen atoms in total. The third-order valence-corrected chi connectivity index (χ3v) is 4.78. The van der Waals surface area contributed by atoms with Gasteiger partial charge in [0.05, 0.1) is 12.0 Å². The van der Waals surface area contributed by atoms with Crippen molar-refractivity contribution < 1.29 is 0 Å². The molecule has 0 amide bonds. The number of hydrogen-bond donors (Lipinski definition) is 1. The zero-order chi connectivity index (χ0) is 13.1. The van der Waals surface area contributed by atoms with Gasteiger partial charge in [0, 0.05) is 18.8 Å². The second-order valence-corrected chi connectivity index (χ2v) is 6.20. The minimum atomic E-state index is 0.542. The van der Waals surface area contributed by atoms with Crippen molar-refractivity contribution in [2.75, 3.05) is 26.7 Å². The maximum atomic E-state index is 4.36. The van der Waals surface area contributed by atoms with E-state index in [2.05, 4.69) is 33.0 Å². The van der Waals surface area contributed by atoms with Crippen LogP contribution in [0.3, 0.4) is 0 Å². The Morgan fingerprint density at radius 2 is 2.16 bits per heavy atom. The van der Waals surface area contributed by atoms with Crippen molar-refractivity contribution in [3.63, 3.8) is 0 Å². The van der Waals surface area contributed by atoms with Crippen LogP contribution < -0.4 is 5.32 Å². The first kappa shape index (κ1) is 13.1. The lowest BCUT2D eigenvalue weighted by Gasteiger charge is -2.29. The molecule has 1 N–H and O–H groups in total. The lowest BCUT2D eigenvalue weighted by molar-refractivity contribution is 0.207. The van der Waals surface area contributed by atoms with Gasteiger partial charge in [0.15, 0.2) is 0 Å². The van der Waals surface area contributed by atoms with Gasteiger partial charge < -0.3 is 14.8 Å². The second-order valence-electron chi connectivity index (χ2n) is 6.20. The molecule has 2 saturated heterocycles. The van der Waals surface area contributed by atoms with Crippen LogP contribution in [0, 0.1) is 5.92 Å². The number of rotatable bonds is 4. The first-order valence-electron chi connectivity index (χ1n) is 7.75. The van der Waals surface area contributed by atoms with Crippen LogP contribution in [0.15, 0.2) is 12.5 Å². The fraction of sp³-hybridized carbons (Fsp3) is 0.800. The highest BCUT2D eigenvalue weighted by molar-refractivity contribution is 5.07. The van der Waals surface area contributed by atoms with Gasteiger partial charge in [0.25, 0.3) is 0 Å². The molecule has 0 bridgehead atoms. The number of hydrogen-bond acceptors (Lipinski definition) is 3. The number of likely N-dealkylation sites (tertiary alicyclic amines) is 1. The Balaban J connectivity index is 1.54. The molecule has 4 heteroatoms. The summed E-state index contributed by atoms with van der Waals surface area (Å²) < 4.78 is 2.38. The summed E-state index contributed by atoms with van der Waals surface area (Å²) in [6.45, 7) is 4.84. The molecule has 106 valence electrons. The van der Waals surface area contributed by atoms with Crippen LogP contribution in [0.4, 0.5) is 0 Å². The molecule has 0 unspecified atom stereocenters. The summed E-state index contributed by atoms with van der Waals surface area (Å²) in [5, 5.41) is 3.58. The van der Waals surface area contributed by atoms with Crippen LogP contribution in [0.2, 0.25) is 0 Å². The minimum absolute atomic E-state index is 0.542. The zero-order valence-electron chi connectivity index (χ0n) is 12.0. The Morgan fingerprint density at radius 1 is 1.32 bits per heavy atom. The summed E-state index contributed by atoms with van der Waals surface area (Å²) in [5.74, 6) is 0.906. The molecule has 0 spiro atoms. The molecule has 2 aliphatic heterocycles. The Bertz CT molecular complexity index is 387. The standard InChI is InChI=1S/C15H26N4/c1-18-8-4-13(5-9-18)6-10-19-12-16-11-15(19)14-3-2-7-17-14/h11-14,17H,2-10H2,1H3/t14-/m0/s1. The first-order valence-corrected chi connectivity index (χ1v) is 7.75. The summed E-state index contributed by atoms with van der Waals surface area (Å²) in [6.07, 6.45) is 10.7. The van der Waals surface area contributed by atoms with E-state index >= 15 is 0 Å². The molecule has 2 fully saturated rings. The van der Waals surface area contributed by atoms with Gasteiger partial charge in [-0.1, -0.05) is 0 Å². The van der Waals surface area contributed by atoms with Gasteiger partial charge in [0.2, 0.25) is 0 Å². The quantitative estimate of drug-likeness (QED) is 0.901. The first-order chi connectivity index (χ1) is 9.33. The van der Waals surface area contributed by atoms with Crippen molar-refractivity contribution in [1.29, 1.82) is 0 Å². The van der Waals surface area contributed by atoms with Crippen LogP contribution in [-0.2, 0) is 6.54 Å². The van der Waals surface area contributed by atoms with Crippen LogP contribution in [0.5, 0.6) is 0 Å². The van der Waals surface area contributed by atoms with E-state index in [0.717, 1.165) is 19.0 Å². The number of nitrogens with one attached hydrogen (secondary N) is 1. The van der Waals surface area contributed by atoms with Gasteiger partial charge in [-0.25, -0.2) is 4.98 Å². The van der Waals surface area contributed by atoms with Crippen molar-refractivity contribution in [3.8, 4) is 0 Å². The summed E-state index contributed by atoms with van der Waals surface area (Å²) in [4.78, 5) is 6.80. The second kappa shape index (κ2) is 6.06. The van der Waals surface area contributed by atoms with E-state index in [0.29, 0.717) is 6.04 Å². The van der Waals surface area contributed by atoms with Crippen LogP contribution in [-0.4, -0.2) is 41.1 Å². The normalized spacial score (nSPS) is 26.1. The summed E-state index contributed by atoms with van der Waals surface area (Å²) >= 11 is 0. The molecule has 1 atom stereocenters. The van der Waals surface area contributed by atoms with Crippen LogP contribution in [0.1, 0.15) is 43.8 Å². The lowest BCUT2D eigenvalue weighted by atomic mass is 9.94. The van der Waals surface area contributed by atoms with E-state index in [-0.39, 0.29) is 0 Å². The molecule has 0 aromatic carbocycles. The predicted octanol–water partition coefficient (Wildman–Crippen LogP) is 2.04. The molecule has 2 aliphatic rings. The maximum Gasteiger partial charge on any atom is 0.0948 e. The molecule has 3 heterocycles. The average molecular weight is 262 g/mol. The number of aryl methyl sites for hydroxylation is 1. The number of aromatic nitrogens is 2. The molecule has 0 aliphatic carbocycles. The lowest BCUT2D eigenvalue weighted by Crippen LogP contribution is -2.30. The Kier molecular flexibility index (Phi) is 4.18. The van der Waals surface area contributed by atoms with Gasteiger partial charge >= 0.3 is 0 Å². The Morgan fingerprint density at radius 3 is 2.89 bits per heavy atom. The summed E-state index contributed by atoms with van der Waals surface area (Å²) in [7, 11) is 2.23. The zero-order valence-corrected chi connectivity index (χ0v) is 12.0. The molecular weight excluding hydrogens is 236 g/mol. The van der Waals surface area contributed by atoms with Gasteiger partial charge in [-0.3, -0.25) is 0 Å². The highest BCUT2D eigenvalue weighted by Gasteiger charge is 2.21. The molecule has 0 saturated carbocycles. The van der Waals surface area contributed by atoms with Crippen LogP contribution >= 0.6 is 0 Å². The molecular formula is C15H26N4. The van der Waals surface area contributed by atoms with E-state index in [1.165, 1.54) is 50.9 Å². The topological polar surface area (TPSA) is 33.1 Å². The van der Waals surface area contributed by atoms with E-state index in [9.17, 15) is 0 Å². The smallest absolute Gasteiger partial charge is 0.0948 e. The average Bonchev–Trinajstić information content (AvgIpc) is 3.08. The highest BCUT2D eigenvalue weighted by Crippen LogP contribution is 2.25. The van der Waals surface area contributed by atoms with Crippen molar-refractivity contribution in [2.24, 2.45) is 5.92 Å². The van der Waals surface area contributed by atoms with Gasteiger partial charge in [-0.05, 0) is 64.7 Å². The van der Waals surface area contributed by atoms with Gasteiger partial charge in [-0.15, -0.1) is 0 Å². The van der Waals surface area contributed by atoms with Gasteiger partial charge in [-0.2, -0.15) is 0 Å². The number of nitrogens with zero attached hydrogens (tertiary/aromatic N) is 3. The fourth-order valence-electron chi connectivity index (χ4n) is 3.42. The van der Waals surface area contributed by atoms with E-state index in [1.807, 2.05) is 6.33 Å². The maximum absolute atomic E-state index is 4.36. The van der Waals surface area contributed by atoms with Crippen molar-refractivity contribution in [3.05, 3.63) is 18.2 Å². The van der Waals surface area contributed by atoms with Crippen molar-refractivity contribution in [2.45, 2.75) is 44.7 Å². The summed E-state index contributed by atoms with van der Waals surface area (Å²) in [5.41, 5.74) is 1.39. The van der Waals surface area contributed by atoms with E-state index in [4.69, 9.17) is 0 Å². The SMILES string of the molecule is CN1CCC(CCn2cncc2[C@@H]2CCCN2)CC1. The van der Waals surface area contributed by atoms with Crippen LogP contribution in [0.25, 0.3) is 0 Å². The van der Waals surface area contributed by atoms with E-state index < -0.39 is 0 Å². The molecule has 3 rings (SSSR count).